The summed E-state index contributed by atoms with van der Waals surface area (Å²) >= 11 is 3.58. The SMILES string of the molecule is CCNc1ccc2c(c1)Oc1cc(NCC)ccc1C21c2cc(Br)ccc2C(=O)N1N. The molecular formula is C24H23BrN4O2. The number of carbonyl (C=O) groups excluding carboxylic acids is 1. The van der Waals surface area contributed by atoms with E-state index >= 15 is 0 Å². The number of anilines is 2. The first-order valence-electron chi connectivity index (χ1n) is 10.3. The maximum Gasteiger partial charge on any atom is 0.269 e. The molecule has 2 aliphatic heterocycles. The van der Waals surface area contributed by atoms with E-state index in [0.717, 1.165) is 45.6 Å². The van der Waals surface area contributed by atoms with Crippen molar-refractivity contribution < 1.29 is 9.53 Å². The van der Waals surface area contributed by atoms with Crippen LogP contribution in [0.15, 0.2) is 59.1 Å². The minimum absolute atomic E-state index is 0.215. The van der Waals surface area contributed by atoms with Crippen molar-refractivity contribution in [1.82, 2.24) is 5.01 Å². The third-order valence-corrected chi connectivity index (χ3v) is 6.40. The molecule has 0 saturated carbocycles. The first-order chi connectivity index (χ1) is 15.0. The maximum absolute atomic E-state index is 13.3. The monoisotopic (exact) mass is 478 g/mol. The molecule has 4 N–H and O–H groups in total. The zero-order valence-corrected chi connectivity index (χ0v) is 18.9. The van der Waals surface area contributed by atoms with Crippen molar-refractivity contribution in [3.8, 4) is 11.5 Å². The summed E-state index contributed by atoms with van der Waals surface area (Å²) in [5.74, 6) is 7.73. The highest BCUT2D eigenvalue weighted by Gasteiger charge is 2.55. The van der Waals surface area contributed by atoms with Crippen molar-refractivity contribution in [3.05, 3.63) is 81.3 Å². The van der Waals surface area contributed by atoms with Crippen LogP contribution >= 0.6 is 15.9 Å². The number of nitrogens with one attached hydrogen (secondary N) is 2. The fourth-order valence-electron chi connectivity index (χ4n) is 4.67. The third kappa shape index (κ3) is 2.77. The lowest BCUT2D eigenvalue weighted by molar-refractivity contribution is 0.0665. The largest absolute Gasteiger partial charge is 0.456 e. The quantitative estimate of drug-likeness (QED) is 0.361. The zero-order chi connectivity index (χ0) is 21.8. The molecule has 31 heavy (non-hydrogen) atoms. The van der Waals surface area contributed by atoms with Crippen LogP contribution < -0.4 is 21.2 Å². The van der Waals surface area contributed by atoms with Crippen molar-refractivity contribution in [3.63, 3.8) is 0 Å². The first kappa shape index (κ1) is 19.9. The van der Waals surface area contributed by atoms with Gasteiger partial charge in [0, 0.05) is 63.3 Å². The number of ether oxygens (including phenoxy) is 1. The van der Waals surface area contributed by atoms with Gasteiger partial charge in [0.25, 0.3) is 5.91 Å². The highest BCUT2D eigenvalue weighted by atomic mass is 79.9. The lowest BCUT2D eigenvalue weighted by atomic mass is 9.75. The highest BCUT2D eigenvalue weighted by molar-refractivity contribution is 9.10. The maximum atomic E-state index is 13.3. The van der Waals surface area contributed by atoms with Crippen LogP contribution in [0, 0.1) is 0 Å². The van der Waals surface area contributed by atoms with Gasteiger partial charge in [-0.25, -0.2) is 5.84 Å². The molecule has 3 aromatic rings. The molecule has 6 nitrogen and oxygen atoms in total. The van der Waals surface area contributed by atoms with Gasteiger partial charge in [0.1, 0.15) is 17.0 Å². The van der Waals surface area contributed by atoms with Crippen LogP contribution in [-0.4, -0.2) is 24.0 Å². The molecule has 0 saturated heterocycles. The highest BCUT2D eigenvalue weighted by Crippen LogP contribution is 2.57. The summed E-state index contributed by atoms with van der Waals surface area (Å²) in [4.78, 5) is 13.3. The fourth-order valence-corrected chi connectivity index (χ4v) is 5.03. The predicted octanol–water partition coefficient (Wildman–Crippen LogP) is 5.04. The minimum atomic E-state index is -0.978. The third-order valence-electron chi connectivity index (χ3n) is 5.91. The van der Waals surface area contributed by atoms with Crippen LogP contribution in [-0.2, 0) is 5.54 Å². The van der Waals surface area contributed by atoms with Crippen LogP contribution in [0.3, 0.4) is 0 Å². The minimum Gasteiger partial charge on any atom is -0.456 e. The smallest absolute Gasteiger partial charge is 0.269 e. The molecule has 5 rings (SSSR count). The second kappa shape index (κ2) is 7.28. The molecule has 0 aromatic heterocycles. The summed E-state index contributed by atoms with van der Waals surface area (Å²) in [5, 5.41) is 8.01. The molecule has 0 aliphatic carbocycles. The Kier molecular flexibility index (Phi) is 4.68. The molecule has 158 valence electrons. The molecular weight excluding hydrogens is 456 g/mol. The van der Waals surface area contributed by atoms with E-state index in [2.05, 4.69) is 26.6 Å². The average Bonchev–Trinajstić information content (AvgIpc) is 2.96. The van der Waals surface area contributed by atoms with Crippen molar-refractivity contribution in [2.45, 2.75) is 19.4 Å². The van der Waals surface area contributed by atoms with E-state index in [4.69, 9.17) is 10.6 Å². The number of fused-ring (bicyclic) bond motifs is 6. The molecule has 3 aromatic carbocycles. The van der Waals surface area contributed by atoms with E-state index in [1.54, 1.807) is 0 Å². The van der Waals surface area contributed by atoms with Gasteiger partial charge in [-0.3, -0.25) is 9.80 Å². The Balaban J connectivity index is 1.84. The summed E-state index contributed by atoms with van der Waals surface area (Å²) in [7, 11) is 0. The molecule has 0 radical (unpaired) electrons. The number of hydrogen-bond acceptors (Lipinski definition) is 5. The number of halogens is 1. The Morgan fingerprint density at radius 3 is 2.03 bits per heavy atom. The van der Waals surface area contributed by atoms with E-state index < -0.39 is 5.54 Å². The van der Waals surface area contributed by atoms with E-state index in [-0.39, 0.29) is 5.91 Å². The fraction of sp³-hybridized carbons (Fsp3) is 0.208. The number of rotatable bonds is 4. The molecule has 0 unspecified atom stereocenters. The van der Waals surface area contributed by atoms with E-state index in [0.29, 0.717) is 17.1 Å². The van der Waals surface area contributed by atoms with Crippen molar-refractivity contribution in [2.24, 2.45) is 5.84 Å². The van der Waals surface area contributed by atoms with E-state index in [9.17, 15) is 4.79 Å². The van der Waals surface area contributed by atoms with Crippen LogP contribution in [0.1, 0.15) is 40.9 Å². The molecule has 0 bridgehead atoms. The molecule has 2 aliphatic rings. The average molecular weight is 479 g/mol. The van der Waals surface area contributed by atoms with Crippen LogP contribution in [0.5, 0.6) is 11.5 Å². The van der Waals surface area contributed by atoms with Gasteiger partial charge in [-0.2, -0.15) is 0 Å². The molecule has 0 fully saturated rings. The summed E-state index contributed by atoms with van der Waals surface area (Å²) in [6.07, 6.45) is 0. The van der Waals surface area contributed by atoms with Crippen LogP contribution in [0.2, 0.25) is 0 Å². The summed E-state index contributed by atoms with van der Waals surface area (Å²) < 4.78 is 7.27. The summed E-state index contributed by atoms with van der Waals surface area (Å²) in [6, 6.07) is 17.6. The lowest BCUT2D eigenvalue weighted by Crippen LogP contribution is -2.51. The van der Waals surface area contributed by atoms with Gasteiger partial charge in [0.05, 0.1) is 0 Å². The van der Waals surface area contributed by atoms with Crippen LogP contribution in [0.4, 0.5) is 11.4 Å². The van der Waals surface area contributed by atoms with Gasteiger partial charge in [0.2, 0.25) is 0 Å². The number of amides is 1. The number of hydrazine groups is 1. The predicted molar refractivity (Wildman–Crippen MR) is 126 cm³/mol. The Morgan fingerprint density at radius 2 is 1.48 bits per heavy atom. The van der Waals surface area contributed by atoms with Gasteiger partial charge in [-0.05, 0) is 44.2 Å². The standard InChI is InChI=1S/C24H23BrN4O2/c1-3-27-15-6-9-18-21(12-15)31-22-13-16(28-4-2)7-10-19(22)24(18)20-11-14(25)5-8-17(20)23(30)29(24)26/h5-13,27-28H,3-4,26H2,1-2H3. The zero-order valence-electron chi connectivity index (χ0n) is 17.3. The molecule has 1 spiro atoms. The number of hydrogen-bond donors (Lipinski definition) is 3. The van der Waals surface area contributed by atoms with Gasteiger partial charge >= 0.3 is 0 Å². The molecule has 0 atom stereocenters. The number of nitrogens with zero attached hydrogens (tertiary/aromatic N) is 1. The number of nitrogens with two attached hydrogens (primary N) is 1. The van der Waals surface area contributed by atoms with E-state index in [1.165, 1.54) is 5.01 Å². The molecule has 7 heteroatoms. The molecule has 2 heterocycles. The second-order valence-corrected chi connectivity index (χ2v) is 8.58. The Morgan fingerprint density at radius 1 is 0.903 bits per heavy atom. The van der Waals surface area contributed by atoms with Gasteiger partial charge in [-0.15, -0.1) is 0 Å². The topological polar surface area (TPSA) is 79.6 Å². The second-order valence-electron chi connectivity index (χ2n) is 7.66. The van der Waals surface area contributed by atoms with E-state index in [1.807, 2.05) is 68.4 Å². The van der Waals surface area contributed by atoms with Gasteiger partial charge in [-0.1, -0.05) is 28.1 Å². The summed E-state index contributed by atoms with van der Waals surface area (Å²) in [6.45, 7) is 5.68. The van der Waals surface area contributed by atoms with Gasteiger partial charge < -0.3 is 15.4 Å². The Labute approximate surface area is 189 Å². The number of carbonyl (C=O) groups is 1. The Hall–Kier alpha value is -3.03. The normalized spacial score (nSPS) is 15.2. The first-order valence-corrected chi connectivity index (χ1v) is 11.1. The van der Waals surface area contributed by atoms with Crippen molar-refractivity contribution >= 4 is 33.2 Å². The van der Waals surface area contributed by atoms with Gasteiger partial charge in [0.15, 0.2) is 0 Å². The number of benzene rings is 3. The summed E-state index contributed by atoms with van der Waals surface area (Å²) in [5.41, 5.74) is 4.03. The Bertz CT molecular complexity index is 1150. The van der Waals surface area contributed by atoms with Crippen molar-refractivity contribution in [2.75, 3.05) is 23.7 Å². The molecule has 1 amide bonds. The van der Waals surface area contributed by atoms with Crippen molar-refractivity contribution in [1.29, 1.82) is 0 Å². The lowest BCUT2D eigenvalue weighted by Gasteiger charge is -2.42. The van der Waals surface area contributed by atoms with Crippen LogP contribution in [0.25, 0.3) is 0 Å².